The normalized spacial score (nSPS) is 15.1. The molecule has 0 spiro atoms. The number of morpholine rings is 1. The second-order valence-electron chi connectivity index (χ2n) is 5.29. The van der Waals surface area contributed by atoms with E-state index in [4.69, 9.17) is 9.15 Å². The van der Waals surface area contributed by atoms with Crippen LogP contribution in [0.4, 0.5) is 0 Å². The molecule has 1 fully saturated rings. The van der Waals surface area contributed by atoms with E-state index in [1.54, 1.807) is 18.0 Å². The maximum Gasteiger partial charge on any atom is 0.222 e. The number of nitrogens with zero attached hydrogens (tertiary/aromatic N) is 4. The summed E-state index contributed by atoms with van der Waals surface area (Å²) in [5.74, 6) is 2.46. The molecule has 0 radical (unpaired) electrons. The van der Waals surface area contributed by atoms with Gasteiger partial charge in [0.25, 0.3) is 0 Å². The van der Waals surface area contributed by atoms with Crippen molar-refractivity contribution in [3.05, 3.63) is 18.4 Å². The Morgan fingerprint density at radius 1 is 1.35 bits per heavy atom. The number of rotatable bonds is 6. The lowest BCUT2D eigenvalue weighted by Crippen LogP contribution is -2.40. The molecule has 8 heteroatoms. The number of amides is 1. The summed E-state index contributed by atoms with van der Waals surface area (Å²) in [5, 5.41) is 9.17. The van der Waals surface area contributed by atoms with E-state index in [1.807, 2.05) is 28.6 Å². The van der Waals surface area contributed by atoms with Crippen LogP contribution in [-0.4, -0.2) is 57.6 Å². The number of carbonyl (C=O) groups is 1. The lowest BCUT2D eigenvalue weighted by molar-refractivity contribution is -0.135. The highest BCUT2D eigenvalue weighted by Gasteiger charge is 2.17. The minimum atomic E-state index is 0.211. The third-order valence-electron chi connectivity index (χ3n) is 3.71. The first-order valence-electron chi connectivity index (χ1n) is 7.67. The maximum absolute atomic E-state index is 12.1. The number of carbonyl (C=O) groups excluding carboxylic acids is 1. The van der Waals surface area contributed by atoms with Gasteiger partial charge in [-0.05, 0) is 18.6 Å². The molecule has 3 heterocycles. The van der Waals surface area contributed by atoms with Crippen molar-refractivity contribution in [1.29, 1.82) is 0 Å². The Balaban J connectivity index is 1.45. The van der Waals surface area contributed by atoms with Crippen molar-refractivity contribution in [2.24, 2.45) is 7.05 Å². The minimum Gasteiger partial charge on any atom is -0.461 e. The first-order chi connectivity index (χ1) is 11.3. The molecule has 2 aromatic rings. The molecular weight excluding hydrogens is 316 g/mol. The summed E-state index contributed by atoms with van der Waals surface area (Å²) in [7, 11) is 1.92. The molecule has 0 aliphatic carbocycles. The average molecular weight is 336 g/mol. The zero-order valence-corrected chi connectivity index (χ0v) is 13.9. The van der Waals surface area contributed by atoms with Crippen LogP contribution in [0.5, 0.6) is 0 Å². The van der Waals surface area contributed by atoms with E-state index in [2.05, 4.69) is 10.2 Å². The number of thioether (sulfide) groups is 1. The smallest absolute Gasteiger partial charge is 0.222 e. The molecule has 0 N–H and O–H groups in total. The Kier molecular flexibility index (Phi) is 5.35. The predicted octanol–water partition coefficient (Wildman–Crippen LogP) is 1.81. The Morgan fingerprint density at radius 3 is 2.91 bits per heavy atom. The molecule has 7 nitrogen and oxygen atoms in total. The van der Waals surface area contributed by atoms with Crippen LogP contribution in [0, 0.1) is 0 Å². The summed E-state index contributed by atoms with van der Waals surface area (Å²) in [6.07, 6.45) is 3.01. The number of aromatic nitrogens is 3. The van der Waals surface area contributed by atoms with Crippen molar-refractivity contribution < 1.29 is 13.9 Å². The molecule has 1 aliphatic rings. The summed E-state index contributed by atoms with van der Waals surface area (Å²) >= 11 is 1.61. The second-order valence-corrected chi connectivity index (χ2v) is 6.35. The first kappa shape index (κ1) is 16.1. The van der Waals surface area contributed by atoms with E-state index in [-0.39, 0.29) is 5.91 Å². The Hall–Kier alpha value is -1.80. The maximum atomic E-state index is 12.1. The molecule has 0 aromatic carbocycles. The van der Waals surface area contributed by atoms with Gasteiger partial charge in [-0.2, -0.15) is 0 Å². The second kappa shape index (κ2) is 7.65. The van der Waals surface area contributed by atoms with Crippen molar-refractivity contribution >= 4 is 17.7 Å². The molecule has 3 rings (SSSR count). The Bertz CT molecular complexity index is 635. The standard InChI is InChI=1S/C15H20N4O3S/c1-18-14(12-4-2-8-22-12)16-17-15(18)23-11-3-5-13(20)19-6-9-21-10-7-19/h2,4,8H,3,5-7,9-11H2,1H3. The number of furan rings is 1. The molecule has 0 saturated carbocycles. The number of ether oxygens (including phenoxy) is 1. The Morgan fingerprint density at radius 2 is 2.17 bits per heavy atom. The lowest BCUT2D eigenvalue weighted by Gasteiger charge is -2.26. The van der Waals surface area contributed by atoms with E-state index in [9.17, 15) is 4.79 Å². The van der Waals surface area contributed by atoms with Crippen LogP contribution in [0.3, 0.4) is 0 Å². The molecule has 0 atom stereocenters. The highest BCUT2D eigenvalue weighted by atomic mass is 32.2. The monoisotopic (exact) mass is 336 g/mol. The van der Waals surface area contributed by atoms with Crippen LogP contribution >= 0.6 is 11.8 Å². The van der Waals surface area contributed by atoms with Crippen molar-refractivity contribution in [2.45, 2.75) is 18.0 Å². The molecule has 1 amide bonds. The van der Waals surface area contributed by atoms with Gasteiger partial charge < -0.3 is 18.6 Å². The van der Waals surface area contributed by atoms with Crippen molar-refractivity contribution in [1.82, 2.24) is 19.7 Å². The third kappa shape index (κ3) is 3.94. The van der Waals surface area contributed by atoms with Gasteiger partial charge in [0.05, 0.1) is 19.5 Å². The van der Waals surface area contributed by atoms with Gasteiger partial charge >= 0.3 is 0 Å². The third-order valence-corrected chi connectivity index (χ3v) is 4.81. The fraction of sp³-hybridized carbons (Fsp3) is 0.533. The van der Waals surface area contributed by atoms with Crippen LogP contribution in [0.1, 0.15) is 12.8 Å². The van der Waals surface area contributed by atoms with Crippen molar-refractivity contribution in [3.63, 3.8) is 0 Å². The highest BCUT2D eigenvalue weighted by Crippen LogP contribution is 2.23. The number of hydrogen-bond acceptors (Lipinski definition) is 6. The quantitative estimate of drug-likeness (QED) is 0.592. The minimum absolute atomic E-state index is 0.211. The van der Waals surface area contributed by atoms with Gasteiger partial charge in [0, 0.05) is 32.3 Å². The molecule has 23 heavy (non-hydrogen) atoms. The SMILES string of the molecule is Cn1c(SCCCC(=O)N2CCOCC2)nnc1-c1ccco1. The average Bonchev–Trinajstić information content (AvgIpc) is 3.22. The van der Waals surface area contributed by atoms with Crippen LogP contribution < -0.4 is 0 Å². The summed E-state index contributed by atoms with van der Waals surface area (Å²) in [6.45, 7) is 2.72. The van der Waals surface area contributed by atoms with Gasteiger partial charge in [-0.3, -0.25) is 4.79 Å². The van der Waals surface area contributed by atoms with Gasteiger partial charge in [0.2, 0.25) is 5.91 Å². The van der Waals surface area contributed by atoms with E-state index in [0.717, 1.165) is 17.3 Å². The van der Waals surface area contributed by atoms with Gasteiger partial charge in [-0.25, -0.2) is 0 Å². The van der Waals surface area contributed by atoms with Crippen LogP contribution in [0.15, 0.2) is 28.0 Å². The zero-order valence-electron chi connectivity index (χ0n) is 13.1. The predicted molar refractivity (Wildman–Crippen MR) is 86.1 cm³/mol. The largest absolute Gasteiger partial charge is 0.461 e. The molecular formula is C15H20N4O3S. The fourth-order valence-electron chi connectivity index (χ4n) is 2.42. The van der Waals surface area contributed by atoms with E-state index in [0.29, 0.717) is 44.3 Å². The summed E-state index contributed by atoms with van der Waals surface area (Å²) in [4.78, 5) is 13.9. The molecule has 2 aromatic heterocycles. The van der Waals surface area contributed by atoms with Gasteiger partial charge in [0.15, 0.2) is 16.7 Å². The van der Waals surface area contributed by atoms with Crippen LogP contribution in [-0.2, 0) is 16.6 Å². The van der Waals surface area contributed by atoms with E-state index in [1.165, 1.54) is 0 Å². The van der Waals surface area contributed by atoms with Gasteiger partial charge in [-0.1, -0.05) is 11.8 Å². The lowest BCUT2D eigenvalue weighted by atomic mass is 10.3. The van der Waals surface area contributed by atoms with Gasteiger partial charge in [-0.15, -0.1) is 10.2 Å². The van der Waals surface area contributed by atoms with Gasteiger partial charge in [0.1, 0.15) is 0 Å². The summed E-state index contributed by atoms with van der Waals surface area (Å²) in [5.41, 5.74) is 0. The van der Waals surface area contributed by atoms with Crippen molar-refractivity contribution in [2.75, 3.05) is 32.1 Å². The highest BCUT2D eigenvalue weighted by molar-refractivity contribution is 7.99. The molecule has 0 bridgehead atoms. The van der Waals surface area contributed by atoms with Crippen LogP contribution in [0.2, 0.25) is 0 Å². The molecule has 1 aliphatic heterocycles. The Labute approximate surface area is 139 Å². The molecule has 124 valence electrons. The fourth-order valence-corrected chi connectivity index (χ4v) is 3.27. The first-order valence-corrected chi connectivity index (χ1v) is 8.66. The summed E-state index contributed by atoms with van der Waals surface area (Å²) in [6, 6.07) is 3.69. The zero-order chi connectivity index (χ0) is 16.1. The molecule has 0 unspecified atom stereocenters. The van der Waals surface area contributed by atoms with E-state index >= 15 is 0 Å². The molecule has 1 saturated heterocycles. The van der Waals surface area contributed by atoms with E-state index < -0.39 is 0 Å². The van der Waals surface area contributed by atoms with Crippen LogP contribution in [0.25, 0.3) is 11.6 Å². The van der Waals surface area contributed by atoms with Crippen molar-refractivity contribution in [3.8, 4) is 11.6 Å². The number of hydrogen-bond donors (Lipinski definition) is 0. The summed E-state index contributed by atoms with van der Waals surface area (Å²) < 4.78 is 12.5. The topological polar surface area (TPSA) is 73.4 Å².